The van der Waals surface area contributed by atoms with Crippen LogP contribution in [0.1, 0.15) is 5.56 Å². The Morgan fingerprint density at radius 1 is 1.12 bits per heavy atom. The molecule has 6 nitrogen and oxygen atoms in total. The summed E-state index contributed by atoms with van der Waals surface area (Å²) in [5.74, 6) is 0.123. The van der Waals surface area contributed by atoms with Gasteiger partial charge >= 0.3 is 0 Å². The van der Waals surface area contributed by atoms with Crippen molar-refractivity contribution >= 4 is 11.2 Å². The van der Waals surface area contributed by atoms with E-state index in [1.807, 2.05) is 12.1 Å². The van der Waals surface area contributed by atoms with Crippen molar-refractivity contribution in [3.63, 3.8) is 0 Å². The van der Waals surface area contributed by atoms with E-state index in [2.05, 4.69) is 40.1 Å². The average Bonchev–Trinajstić information content (AvgIpc) is 3.04. The maximum absolute atomic E-state index is 9.98. The van der Waals surface area contributed by atoms with Crippen LogP contribution in [0.25, 0.3) is 16.6 Å². The number of fused-ring (bicyclic) bond motifs is 1. The number of benzene rings is 1. The van der Waals surface area contributed by atoms with Gasteiger partial charge in [0, 0.05) is 37.4 Å². The maximum atomic E-state index is 9.98. The first kappa shape index (κ1) is 15.5. The molecule has 0 radical (unpaired) electrons. The summed E-state index contributed by atoms with van der Waals surface area (Å²) in [7, 11) is 2.14. The van der Waals surface area contributed by atoms with Gasteiger partial charge in [0.05, 0.1) is 23.5 Å². The molecule has 1 aliphatic heterocycles. The molecule has 1 aliphatic rings. The fourth-order valence-corrected chi connectivity index (χ4v) is 3.33. The van der Waals surface area contributed by atoms with Gasteiger partial charge in [0.1, 0.15) is 11.8 Å². The van der Waals surface area contributed by atoms with Crippen LogP contribution in [0, 0.1) is 11.3 Å². The van der Waals surface area contributed by atoms with Crippen molar-refractivity contribution in [1.29, 1.82) is 5.26 Å². The van der Waals surface area contributed by atoms with E-state index in [0.29, 0.717) is 11.1 Å². The van der Waals surface area contributed by atoms with Crippen molar-refractivity contribution in [2.75, 3.05) is 38.1 Å². The van der Waals surface area contributed by atoms with E-state index in [4.69, 9.17) is 0 Å². The van der Waals surface area contributed by atoms with Crippen molar-refractivity contribution in [2.24, 2.45) is 0 Å². The minimum Gasteiger partial charge on any atom is -0.506 e. The smallest absolute Gasteiger partial charge is 0.134 e. The lowest BCUT2D eigenvalue weighted by atomic mass is 10.0. The number of rotatable bonds is 2. The van der Waals surface area contributed by atoms with Crippen LogP contribution < -0.4 is 4.90 Å². The molecule has 0 saturated carbocycles. The van der Waals surface area contributed by atoms with Gasteiger partial charge in [-0.2, -0.15) is 10.4 Å². The summed E-state index contributed by atoms with van der Waals surface area (Å²) in [5, 5.41) is 23.5. The molecule has 1 N–H and O–H groups in total. The minimum atomic E-state index is 0.123. The van der Waals surface area contributed by atoms with Gasteiger partial charge in [-0.1, -0.05) is 12.1 Å². The van der Waals surface area contributed by atoms with E-state index in [0.717, 1.165) is 37.3 Å². The molecule has 6 heteroatoms. The molecule has 0 unspecified atom stereocenters. The van der Waals surface area contributed by atoms with Gasteiger partial charge in [0.2, 0.25) is 0 Å². The van der Waals surface area contributed by atoms with E-state index in [1.54, 1.807) is 10.6 Å². The third-order valence-electron chi connectivity index (χ3n) is 4.76. The first-order valence-electron chi connectivity index (χ1n) is 8.30. The SMILES string of the molecule is CN1CCN(c2ccc(-c3cc(O)cn4ncc(C#N)c34)cc2)CC1. The number of pyridine rings is 1. The summed E-state index contributed by atoms with van der Waals surface area (Å²) in [6.45, 7) is 4.17. The Bertz CT molecular complexity index is 946. The zero-order chi connectivity index (χ0) is 17.4. The second kappa shape index (κ2) is 6.11. The molecule has 1 saturated heterocycles. The van der Waals surface area contributed by atoms with Crippen LogP contribution in [0.4, 0.5) is 5.69 Å². The highest BCUT2D eigenvalue weighted by Crippen LogP contribution is 2.31. The lowest BCUT2D eigenvalue weighted by Gasteiger charge is -2.34. The normalized spacial score (nSPS) is 15.4. The van der Waals surface area contributed by atoms with E-state index < -0.39 is 0 Å². The number of aromatic nitrogens is 2. The number of aromatic hydroxyl groups is 1. The molecule has 3 aromatic rings. The van der Waals surface area contributed by atoms with Crippen LogP contribution in [0.2, 0.25) is 0 Å². The number of nitrogens with zero attached hydrogens (tertiary/aromatic N) is 5. The molecule has 4 rings (SSSR count). The van der Waals surface area contributed by atoms with Crippen molar-refractivity contribution in [2.45, 2.75) is 0 Å². The van der Waals surface area contributed by atoms with Gasteiger partial charge in [-0.15, -0.1) is 0 Å². The van der Waals surface area contributed by atoms with Crippen LogP contribution in [-0.2, 0) is 0 Å². The van der Waals surface area contributed by atoms with Gasteiger partial charge in [0.25, 0.3) is 0 Å². The number of likely N-dealkylation sites (N-methyl/N-ethyl adjacent to an activating group) is 1. The zero-order valence-electron chi connectivity index (χ0n) is 14.1. The number of nitriles is 1. The molecule has 0 atom stereocenters. The minimum absolute atomic E-state index is 0.123. The highest BCUT2D eigenvalue weighted by atomic mass is 16.3. The number of hydrogen-bond acceptors (Lipinski definition) is 5. The van der Waals surface area contributed by atoms with Crippen molar-refractivity contribution in [3.8, 4) is 22.9 Å². The zero-order valence-corrected chi connectivity index (χ0v) is 14.1. The van der Waals surface area contributed by atoms with E-state index in [9.17, 15) is 10.4 Å². The Hall–Kier alpha value is -3.04. The summed E-state index contributed by atoms with van der Waals surface area (Å²) in [6.07, 6.45) is 3.04. The molecule has 2 aromatic heterocycles. The van der Waals surface area contributed by atoms with Crippen LogP contribution in [0.15, 0.2) is 42.7 Å². The second-order valence-corrected chi connectivity index (χ2v) is 6.41. The summed E-state index contributed by atoms with van der Waals surface area (Å²) in [4.78, 5) is 4.71. The molecular formula is C19H19N5O. The van der Waals surface area contributed by atoms with Crippen molar-refractivity contribution in [1.82, 2.24) is 14.5 Å². The highest BCUT2D eigenvalue weighted by molar-refractivity contribution is 5.85. The van der Waals surface area contributed by atoms with Crippen LogP contribution in [0.5, 0.6) is 5.75 Å². The topological polar surface area (TPSA) is 67.8 Å². The van der Waals surface area contributed by atoms with Crippen LogP contribution in [-0.4, -0.2) is 52.8 Å². The standard InChI is InChI=1S/C19H19N5O/c1-22-6-8-23(9-7-22)16-4-2-14(3-5-16)18-10-17(25)13-24-19(18)15(11-20)12-21-24/h2-5,10,12-13,25H,6-9H2,1H3. The van der Waals surface area contributed by atoms with Gasteiger partial charge < -0.3 is 14.9 Å². The molecule has 3 heterocycles. The molecule has 0 amide bonds. The maximum Gasteiger partial charge on any atom is 0.134 e. The lowest BCUT2D eigenvalue weighted by Crippen LogP contribution is -2.44. The van der Waals surface area contributed by atoms with Crippen LogP contribution in [0.3, 0.4) is 0 Å². The van der Waals surface area contributed by atoms with Gasteiger partial charge in [-0.05, 0) is 30.8 Å². The molecule has 0 bridgehead atoms. The molecule has 0 spiro atoms. The van der Waals surface area contributed by atoms with Gasteiger partial charge in [-0.25, -0.2) is 4.52 Å². The lowest BCUT2D eigenvalue weighted by molar-refractivity contribution is 0.313. The number of anilines is 1. The fraction of sp³-hybridized carbons (Fsp3) is 0.263. The third-order valence-corrected chi connectivity index (χ3v) is 4.76. The first-order valence-corrected chi connectivity index (χ1v) is 8.30. The largest absolute Gasteiger partial charge is 0.506 e. The number of hydrogen-bond donors (Lipinski definition) is 1. The summed E-state index contributed by atoms with van der Waals surface area (Å²) < 4.78 is 1.55. The van der Waals surface area contributed by atoms with E-state index >= 15 is 0 Å². The Morgan fingerprint density at radius 2 is 1.84 bits per heavy atom. The Morgan fingerprint density at radius 3 is 2.52 bits per heavy atom. The van der Waals surface area contributed by atoms with E-state index in [-0.39, 0.29) is 5.75 Å². The van der Waals surface area contributed by atoms with Crippen molar-refractivity contribution < 1.29 is 5.11 Å². The van der Waals surface area contributed by atoms with Gasteiger partial charge in [0.15, 0.2) is 0 Å². The predicted octanol–water partition coefficient (Wildman–Crippen LogP) is 2.33. The second-order valence-electron chi connectivity index (χ2n) is 6.41. The highest BCUT2D eigenvalue weighted by Gasteiger charge is 2.16. The fourth-order valence-electron chi connectivity index (χ4n) is 3.33. The van der Waals surface area contributed by atoms with Crippen molar-refractivity contribution in [3.05, 3.63) is 48.3 Å². The third kappa shape index (κ3) is 2.79. The molecular weight excluding hydrogens is 314 g/mol. The van der Waals surface area contributed by atoms with Crippen LogP contribution >= 0.6 is 0 Å². The Kier molecular flexibility index (Phi) is 3.79. The molecule has 1 aromatic carbocycles. The predicted molar refractivity (Wildman–Crippen MR) is 96.7 cm³/mol. The summed E-state index contributed by atoms with van der Waals surface area (Å²) in [5.41, 5.74) is 4.17. The molecule has 1 fully saturated rings. The monoisotopic (exact) mass is 333 g/mol. The van der Waals surface area contributed by atoms with E-state index in [1.165, 1.54) is 18.1 Å². The summed E-state index contributed by atoms with van der Waals surface area (Å²) in [6, 6.07) is 12.1. The molecule has 126 valence electrons. The number of piperazine rings is 1. The quantitative estimate of drug-likeness (QED) is 0.779. The first-order chi connectivity index (χ1) is 12.2. The molecule has 25 heavy (non-hydrogen) atoms. The average molecular weight is 333 g/mol. The molecule has 0 aliphatic carbocycles. The summed E-state index contributed by atoms with van der Waals surface area (Å²) >= 11 is 0. The Labute approximate surface area is 146 Å². The Balaban J connectivity index is 1.72. The van der Waals surface area contributed by atoms with Gasteiger partial charge in [-0.3, -0.25) is 0 Å².